The van der Waals surface area contributed by atoms with Crippen LogP contribution in [0.25, 0.3) is 11.8 Å². The van der Waals surface area contributed by atoms with E-state index in [1.54, 1.807) is 0 Å². The van der Waals surface area contributed by atoms with Crippen molar-refractivity contribution in [2.24, 2.45) is 0 Å². The van der Waals surface area contributed by atoms with Crippen molar-refractivity contribution in [3.63, 3.8) is 0 Å². The fraction of sp³-hybridized carbons (Fsp3) is 0.214. The number of rotatable bonds is 1. The maximum absolute atomic E-state index is 5.88. The van der Waals surface area contributed by atoms with Gasteiger partial charge < -0.3 is 4.74 Å². The number of nitrogens with zero attached hydrogens (tertiary/aromatic N) is 3. The molecule has 0 saturated carbocycles. The topological polar surface area (TPSA) is 47.9 Å². The summed E-state index contributed by atoms with van der Waals surface area (Å²) in [5, 5.41) is 1.74. The summed E-state index contributed by atoms with van der Waals surface area (Å²) in [5.74, 6) is 0.179. The first-order valence-corrected chi connectivity index (χ1v) is 8.76. The van der Waals surface area contributed by atoms with Crippen LogP contribution in [-0.4, -0.2) is 21.6 Å². The number of alkyl halides is 6. The number of halogens is 6. The lowest BCUT2D eigenvalue weighted by molar-refractivity contribution is 0.320. The van der Waals surface area contributed by atoms with Crippen molar-refractivity contribution in [3.8, 4) is 0 Å². The van der Waals surface area contributed by atoms with E-state index in [1.165, 1.54) is 0 Å². The summed E-state index contributed by atoms with van der Waals surface area (Å²) in [4.78, 5) is 12.3. The van der Waals surface area contributed by atoms with Gasteiger partial charge in [0.2, 0.25) is 7.59 Å². The van der Waals surface area contributed by atoms with E-state index in [9.17, 15) is 0 Å². The lowest BCUT2D eigenvalue weighted by Crippen LogP contribution is -2.33. The molecule has 0 bridgehead atoms. The van der Waals surface area contributed by atoms with Crippen LogP contribution in [-0.2, 0) is 12.3 Å². The van der Waals surface area contributed by atoms with E-state index in [2.05, 4.69) is 15.0 Å². The minimum Gasteiger partial charge on any atom is -0.485 e. The molecular weight excluding hydrogens is 439 g/mol. The van der Waals surface area contributed by atoms with E-state index in [1.807, 2.05) is 30.3 Å². The number of aromatic nitrogens is 3. The summed E-state index contributed by atoms with van der Waals surface area (Å²) in [5.41, 5.74) is 0. The molecule has 10 heteroatoms. The molecule has 3 rings (SSSR count). The van der Waals surface area contributed by atoms with E-state index >= 15 is 0 Å². The summed E-state index contributed by atoms with van der Waals surface area (Å²) in [6, 6.07) is 7.55. The molecule has 1 aromatic carbocycles. The fourth-order valence-corrected chi connectivity index (χ4v) is 2.60. The van der Waals surface area contributed by atoms with Gasteiger partial charge in [-0.05, 0) is 11.3 Å². The summed E-state index contributed by atoms with van der Waals surface area (Å²) in [7, 11) is 0. The highest BCUT2D eigenvalue weighted by atomic mass is 35.6. The zero-order valence-electron chi connectivity index (χ0n) is 11.6. The monoisotopic (exact) mass is 443 g/mol. The molecule has 0 aliphatic carbocycles. The van der Waals surface area contributed by atoms with E-state index in [0.717, 1.165) is 10.4 Å². The van der Waals surface area contributed by atoms with E-state index < -0.39 is 7.59 Å². The van der Waals surface area contributed by atoms with Crippen LogP contribution in [0.1, 0.15) is 17.5 Å². The Bertz CT molecular complexity index is 872. The zero-order chi connectivity index (χ0) is 17.5. The van der Waals surface area contributed by atoms with Gasteiger partial charge in [0.1, 0.15) is 6.61 Å². The summed E-state index contributed by atoms with van der Waals surface area (Å²) < 4.78 is 1.85. The fourth-order valence-electron chi connectivity index (χ4n) is 2.09. The molecule has 0 saturated heterocycles. The van der Waals surface area contributed by atoms with Gasteiger partial charge in [-0.2, -0.15) is 0 Å². The Labute approximate surface area is 167 Å². The van der Waals surface area contributed by atoms with Gasteiger partial charge in [-0.25, -0.2) is 15.0 Å². The molecule has 1 aliphatic rings. The smallest absolute Gasteiger partial charge is 0.250 e. The molecule has 0 N–H and O–H groups in total. The Balaban J connectivity index is 2.31. The Morgan fingerprint density at radius 1 is 0.833 bits per heavy atom. The second kappa shape index (κ2) is 6.67. The number of fused-ring (bicyclic) bond motifs is 1. The van der Waals surface area contributed by atoms with Crippen molar-refractivity contribution in [1.29, 1.82) is 0 Å². The predicted molar refractivity (Wildman–Crippen MR) is 96.9 cm³/mol. The van der Waals surface area contributed by atoms with E-state index in [-0.39, 0.29) is 17.5 Å². The minimum atomic E-state index is -1.91. The molecule has 24 heavy (non-hydrogen) atoms. The molecule has 1 aromatic heterocycles. The van der Waals surface area contributed by atoms with Crippen molar-refractivity contribution >= 4 is 81.4 Å². The number of ether oxygens (including phenoxy) is 1. The average molecular weight is 446 g/mol. The second-order valence-electron chi connectivity index (χ2n) is 4.73. The largest absolute Gasteiger partial charge is 0.485 e. The van der Waals surface area contributed by atoms with Crippen molar-refractivity contribution in [2.45, 2.75) is 7.59 Å². The highest BCUT2D eigenvalue weighted by Gasteiger charge is 2.34. The van der Waals surface area contributed by atoms with Crippen molar-refractivity contribution < 1.29 is 4.74 Å². The van der Waals surface area contributed by atoms with Gasteiger partial charge in [0, 0.05) is 5.22 Å². The number of benzene rings is 1. The minimum absolute atomic E-state index is 0.119. The molecule has 1 aliphatic heterocycles. The van der Waals surface area contributed by atoms with Gasteiger partial charge in [0.15, 0.2) is 23.2 Å². The summed E-state index contributed by atoms with van der Waals surface area (Å²) in [6.07, 6.45) is 1.92. The highest BCUT2D eigenvalue weighted by molar-refractivity contribution is 6.67. The van der Waals surface area contributed by atoms with Crippen LogP contribution in [0.15, 0.2) is 24.3 Å². The quantitative estimate of drug-likeness (QED) is 0.630. The van der Waals surface area contributed by atoms with Gasteiger partial charge >= 0.3 is 0 Å². The predicted octanol–water partition coefficient (Wildman–Crippen LogP) is 3.49. The third-order valence-corrected chi connectivity index (χ3v) is 4.10. The van der Waals surface area contributed by atoms with Crippen LogP contribution >= 0.6 is 69.6 Å². The van der Waals surface area contributed by atoms with E-state index in [4.69, 9.17) is 74.3 Å². The van der Waals surface area contributed by atoms with Crippen LogP contribution in [0.5, 0.6) is 0 Å². The first-order chi connectivity index (χ1) is 11.2. The van der Waals surface area contributed by atoms with Gasteiger partial charge in [-0.15, -0.1) is 0 Å². The summed E-state index contributed by atoms with van der Waals surface area (Å²) >= 11 is 35.3. The highest BCUT2D eigenvalue weighted by Crippen LogP contribution is 2.40. The number of hydrogen-bond donors (Lipinski definition) is 0. The van der Waals surface area contributed by atoms with Gasteiger partial charge in [-0.3, -0.25) is 0 Å². The van der Waals surface area contributed by atoms with Crippen LogP contribution in [0.2, 0.25) is 0 Å². The molecule has 0 spiro atoms. The van der Waals surface area contributed by atoms with Crippen LogP contribution in [0, 0.1) is 0 Å². The van der Waals surface area contributed by atoms with Gasteiger partial charge in [-0.1, -0.05) is 93.9 Å². The Morgan fingerprint density at radius 3 is 2.00 bits per heavy atom. The van der Waals surface area contributed by atoms with Crippen LogP contribution in [0.3, 0.4) is 0 Å². The molecule has 0 amide bonds. The Hall–Kier alpha value is -0.490. The summed E-state index contributed by atoms with van der Waals surface area (Å²) in [6.45, 7) is 0.338. The van der Waals surface area contributed by atoms with Crippen molar-refractivity contribution in [2.75, 3.05) is 6.61 Å². The molecule has 0 atom stereocenters. The molecule has 126 valence electrons. The first-order valence-electron chi connectivity index (χ1n) is 6.49. The lowest BCUT2D eigenvalue weighted by Gasteiger charge is -2.17. The third-order valence-electron chi connectivity index (χ3n) is 3.08. The van der Waals surface area contributed by atoms with Crippen LogP contribution < -0.4 is 10.4 Å². The van der Waals surface area contributed by atoms with E-state index in [0.29, 0.717) is 12.4 Å². The molecule has 0 fully saturated rings. The Morgan fingerprint density at radius 2 is 1.42 bits per heavy atom. The lowest BCUT2D eigenvalue weighted by atomic mass is 10.2. The zero-order valence-corrected chi connectivity index (χ0v) is 16.1. The average Bonchev–Trinajstić information content (AvgIpc) is 2.52. The molecule has 4 nitrogen and oxygen atoms in total. The standard InChI is InChI=1S/C14H7Cl6N3O/c15-13(16,17)11-21-10(22-12(23-11)14(18,19)20)9-8-4-2-1-3-7(8)5-6-24-9/h1-5H,6H2. The first kappa shape index (κ1) is 18.3. The van der Waals surface area contributed by atoms with Crippen LogP contribution in [0.4, 0.5) is 0 Å². The molecule has 0 unspecified atom stereocenters. The SMILES string of the molecule is ClC(Cl)(Cl)c1nc(C2=c3ccccc3=CCO2)nc(C(Cl)(Cl)Cl)n1. The molecule has 0 radical (unpaired) electrons. The number of hydrogen-bond acceptors (Lipinski definition) is 4. The second-order valence-corrected chi connectivity index (χ2v) is 9.30. The van der Waals surface area contributed by atoms with Gasteiger partial charge in [0.25, 0.3) is 0 Å². The maximum atomic E-state index is 5.88. The maximum Gasteiger partial charge on any atom is 0.250 e. The van der Waals surface area contributed by atoms with Gasteiger partial charge in [0.05, 0.1) is 0 Å². The van der Waals surface area contributed by atoms with Crippen molar-refractivity contribution in [1.82, 2.24) is 15.0 Å². The normalized spacial score (nSPS) is 14.7. The molecule has 2 aromatic rings. The molecular formula is C14H7Cl6N3O. The van der Waals surface area contributed by atoms with Crippen molar-refractivity contribution in [3.05, 3.63) is 52.2 Å². The molecule has 2 heterocycles. The third kappa shape index (κ3) is 3.85. The Kier molecular flexibility index (Phi) is 5.09.